The molecular weight excluding hydrogens is 314 g/mol. The first-order valence-corrected chi connectivity index (χ1v) is 6.37. The number of amides is 2. The molecule has 0 saturated carbocycles. The van der Waals surface area contributed by atoms with Gasteiger partial charge < -0.3 is 15.1 Å². The van der Waals surface area contributed by atoms with Crippen LogP contribution in [-0.2, 0) is 4.79 Å². The summed E-state index contributed by atoms with van der Waals surface area (Å²) in [5.41, 5.74) is 0.676. The molecule has 0 aliphatic carbocycles. The summed E-state index contributed by atoms with van der Waals surface area (Å²) in [6.07, 6.45) is 0. The van der Waals surface area contributed by atoms with Crippen molar-refractivity contribution < 1.29 is 18.9 Å². The first kappa shape index (κ1) is 15.5. The van der Waals surface area contributed by atoms with Gasteiger partial charge in [-0.2, -0.15) is 0 Å². The van der Waals surface area contributed by atoms with Crippen LogP contribution >= 0.6 is 11.6 Å². The maximum atomic E-state index is 12.0. The van der Waals surface area contributed by atoms with Gasteiger partial charge in [-0.1, -0.05) is 11.6 Å². The Labute approximate surface area is 129 Å². The van der Waals surface area contributed by atoms with E-state index >= 15 is 0 Å². The van der Waals surface area contributed by atoms with E-state index in [1.165, 1.54) is 25.1 Å². The number of nitrogens with one attached hydrogen (secondary N) is 2. The third-order valence-electron chi connectivity index (χ3n) is 2.53. The summed E-state index contributed by atoms with van der Waals surface area (Å²) >= 11 is 5.95. The van der Waals surface area contributed by atoms with Gasteiger partial charge >= 0.3 is 5.88 Å². The number of carbonyl (C=O) groups excluding carboxylic acids is 2. The Bertz CT molecular complexity index is 756. The number of hydrogen-bond donors (Lipinski definition) is 2. The van der Waals surface area contributed by atoms with Gasteiger partial charge in [-0.25, -0.2) is 0 Å². The van der Waals surface area contributed by atoms with Crippen LogP contribution in [0.15, 0.2) is 34.7 Å². The number of furan rings is 1. The van der Waals surface area contributed by atoms with E-state index in [1.807, 2.05) is 0 Å². The number of anilines is 2. The van der Waals surface area contributed by atoms with Gasteiger partial charge in [0.1, 0.15) is 4.92 Å². The van der Waals surface area contributed by atoms with Gasteiger partial charge in [0, 0.05) is 12.6 Å². The molecule has 22 heavy (non-hydrogen) atoms. The minimum atomic E-state index is -0.749. The zero-order chi connectivity index (χ0) is 16.3. The molecule has 2 N–H and O–H groups in total. The van der Waals surface area contributed by atoms with E-state index in [9.17, 15) is 19.7 Å². The highest BCUT2D eigenvalue weighted by molar-refractivity contribution is 6.34. The van der Waals surface area contributed by atoms with Crippen LogP contribution in [0.5, 0.6) is 0 Å². The molecule has 1 heterocycles. The van der Waals surface area contributed by atoms with E-state index < -0.39 is 16.7 Å². The van der Waals surface area contributed by atoms with Gasteiger partial charge in [0.05, 0.1) is 16.8 Å². The highest BCUT2D eigenvalue weighted by Crippen LogP contribution is 2.26. The van der Waals surface area contributed by atoms with Gasteiger partial charge in [-0.05, 0) is 24.3 Å². The molecule has 0 atom stereocenters. The molecule has 0 unspecified atom stereocenters. The minimum absolute atomic E-state index is 0.229. The van der Waals surface area contributed by atoms with Gasteiger partial charge in [-0.15, -0.1) is 0 Å². The molecule has 114 valence electrons. The molecule has 8 nitrogen and oxygen atoms in total. The van der Waals surface area contributed by atoms with Gasteiger partial charge in [0.25, 0.3) is 5.91 Å². The molecule has 0 radical (unpaired) electrons. The minimum Gasteiger partial charge on any atom is -0.395 e. The summed E-state index contributed by atoms with van der Waals surface area (Å²) in [4.78, 5) is 32.7. The predicted octanol–water partition coefficient (Wildman–Crippen LogP) is 3.05. The summed E-state index contributed by atoms with van der Waals surface area (Å²) in [5.74, 6) is -1.74. The number of halogens is 1. The third kappa shape index (κ3) is 3.61. The highest BCUT2D eigenvalue weighted by Gasteiger charge is 2.18. The molecule has 0 aliphatic heterocycles. The molecule has 2 rings (SSSR count). The molecular formula is C13H10ClN3O5. The number of nitrogens with zero attached hydrogens (tertiary/aromatic N) is 1. The lowest BCUT2D eigenvalue weighted by molar-refractivity contribution is -0.402. The van der Waals surface area contributed by atoms with E-state index in [4.69, 9.17) is 16.0 Å². The Morgan fingerprint density at radius 2 is 1.95 bits per heavy atom. The summed E-state index contributed by atoms with van der Waals surface area (Å²) in [6.45, 7) is 1.34. The van der Waals surface area contributed by atoms with E-state index in [-0.39, 0.29) is 22.4 Å². The predicted molar refractivity (Wildman–Crippen MR) is 79.1 cm³/mol. The van der Waals surface area contributed by atoms with Crippen LogP contribution in [0.25, 0.3) is 0 Å². The maximum absolute atomic E-state index is 12.0. The van der Waals surface area contributed by atoms with Gasteiger partial charge in [0.2, 0.25) is 5.91 Å². The Balaban J connectivity index is 2.19. The van der Waals surface area contributed by atoms with E-state index in [0.29, 0.717) is 5.69 Å². The van der Waals surface area contributed by atoms with Crippen LogP contribution < -0.4 is 10.6 Å². The van der Waals surface area contributed by atoms with Crippen molar-refractivity contribution >= 4 is 40.7 Å². The standard InChI is InChI=1S/C13H10ClN3O5/c1-7(18)15-8-2-3-9(14)10(6-8)16-13(19)11-4-5-12(22-11)17(20)21/h2-6H,1H3,(H,15,18)(H,16,19). The van der Waals surface area contributed by atoms with E-state index in [1.54, 1.807) is 6.07 Å². The van der Waals surface area contributed by atoms with E-state index in [0.717, 1.165) is 6.07 Å². The monoisotopic (exact) mass is 323 g/mol. The summed E-state index contributed by atoms with van der Waals surface area (Å²) in [5, 5.41) is 15.8. The van der Waals surface area contributed by atoms with Gasteiger partial charge in [-0.3, -0.25) is 19.7 Å². The number of carbonyl (C=O) groups is 2. The summed E-state index contributed by atoms with van der Waals surface area (Å²) < 4.78 is 4.79. The second kappa shape index (κ2) is 6.27. The molecule has 2 aromatic rings. The van der Waals surface area contributed by atoms with Crippen LogP contribution in [0.4, 0.5) is 17.3 Å². The molecule has 1 aromatic heterocycles. The average molecular weight is 324 g/mol. The SMILES string of the molecule is CC(=O)Nc1ccc(Cl)c(NC(=O)c2ccc([N+](=O)[O-])o2)c1. The number of rotatable bonds is 4. The van der Waals surface area contributed by atoms with Crippen LogP contribution in [0.1, 0.15) is 17.5 Å². The lowest BCUT2D eigenvalue weighted by Crippen LogP contribution is -2.12. The molecule has 0 bridgehead atoms. The molecule has 0 saturated heterocycles. The van der Waals surface area contributed by atoms with Crippen molar-refractivity contribution in [2.45, 2.75) is 6.92 Å². The van der Waals surface area contributed by atoms with Crippen LogP contribution in [0.3, 0.4) is 0 Å². The molecule has 9 heteroatoms. The number of benzene rings is 1. The van der Waals surface area contributed by atoms with Crippen LogP contribution in [-0.4, -0.2) is 16.7 Å². The van der Waals surface area contributed by atoms with Crippen molar-refractivity contribution in [1.29, 1.82) is 0 Å². The molecule has 0 aliphatic rings. The van der Waals surface area contributed by atoms with Crippen molar-refractivity contribution in [3.63, 3.8) is 0 Å². The second-order valence-corrected chi connectivity index (χ2v) is 4.63. The number of nitro groups is 1. The Morgan fingerprint density at radius 1 is 1.23 bits per heavy atom. The maximum Gasteiger partial charge on any atom is 0.433 e. The molecule has 1 aromatic carbocycles. The summed E-state index contributed by atoms with van der Waals surface area (Å²) in [6, 6.07) is 6.77. The quantitative estimate of drug-likeness (QED) is 0.663. The zero-order valence-corrected chi connectivity index (χ0v) is 12.0. The fraction of sp³-hybridized carbons (Fsp3) is 0.0769. The van der Waals surface area contributed by atoms with Crippen molar-refractivity contribution in [2.75, 3.05) is 10.6 Å². The first-order valence-electron chi connectivity index (χ1n) is 5.99. The highest BCUT2D eigenvalue weighted by atomic mass is 35.5. The zero-order valence-electron chi connectivity index (χ0n) is 11.3. The molecule has 0 fully saturated rings. The average Bonchev–Trinajstić information content (AvgIpc) is 2.92. The molecule has 0 spiro atoms. The normalized spacial score (nSPS) is 10.1. The Hall–Kier alpha value is -2.87. The van der Waals surface area contributed by atoms with Crippen LogP contribution in [0, 0.1) is 10.1 Å². The largest absolute Gasteiger partial charge is 0.433 e. The second-order valence-electron chi connectivity index (χ2n) is 4.22. The Morgan fingerprint density at radius 3 is 2.55 bits per heavy atom. The smallest absolute Gasteiger partial charge is 0.395 e. The van der Waals surface area contributed by atoms with Crippen molar-refractivity contribution in [3.8, 4) is 0 Å². The van der Waals surface area contributed by atoms with Crippen LogP contribution in [0.2, 0.25) is 5.02 Å². The van der Waals surface area contributed by atoms with Gasteiger partial charge in [0.15, 0.2) is 5.76 Å². The third-order valence-corrected chi connectivity index (χ3v) is 2.86. The number of hydrogen-bond acceptors (Lipinski definition) is 5. The van der Waals surface area contributed by atoms with E-state index in [2.05, 4.69) is 10.6 Å². The topological polar surface area (TPSA) is 114 Å². The summed E-state index contributed by atoms with van der Waals surface area (Å²) in [7, 11) is 0. The lowest BCUT2D eigenvalue weighted by atomic mass is 10.2. The van der Waals surface area contributed by atoms with Crippen molar-refractivity contribution in [1.82, 2.24) is 0 Å². The lowest BCUT2D eigenvalue weighted by Gasteiger charge is -2.08. The fourth-order valence-corrected chi connectivity index (χ4v) is 1.80. The van der Waals surface area contributed by atoms with Crippen molar-refractivity contribution in [2.24, 2.45) is 0 Å². The first-order chi connectivity index (χ1) is 10.4. The fourth-order valence-electron chi connectivity index (χ4n) is 1.63. The Kier molecular flexibility index (Phi) is 4.42. The molecule has 2 amide bonds. The van der Waals surface area contributed by atoms with Crippen molar-refractivity contribution in [3.05, 3.63) is 51.2 Å².